The lowest BCUT2D eigenvalue weighted by atomic mass is 9.93. The second-order valence-corrected chi connectivity index (χ2v) is 6.22. The highest BCUT2D eigenvalue weighted by Crippen LogP contribution is 2.34. The molecule has 10 nitrogen and oxygen atoms in total. The number of benzene rings is 2. The number of phenols is 1. The van der Waals surface area contributed by atoms with Gasteiger partial charge in [-0.3, -0.25) is 14.4 Å². The van der Waals surface area contributed by atoms with E-state index in [9.17, 15) is 24.7 Å². The Bertz CT molecular complexity index is 999. The molecule has 3 N–H and O–H groups in total. The van der Waals surface area contributed by atoms with Gasteiger partial charge in [-0.05, 0) is 36.4 Å². The van der Waals surface area contributed by atoms with Gasteiger partial charge in [0, 0.05) is 17.7 Å². The highest BCUT2D eigenvalue weighted by Gasteiger charge is 2.57. The number of carbonyl (C=O) groups excluding carboxylic acids is 3. The summed E-state index contributed by atoms with van der Waals surface area (Å²) in [7, 11) is 0. The van der Waals surface area contributed by atoms with E-state index >= 15 is 0 Å². The number of hydrogen-bond acceptors (Lipinski definition) is 8. The molecule has 0 radical (unpaired) electrons. The summed E-state index contributed by atoms with van der Waals surface area (Å²) in [5, 5.41) is 31.7. The van der Waals surface area contributed by atoms with Crippen LogP contribution in [0.15, 0.2) is 53.7 Å². The molecule has 3 atom stereocenters. The van der Waals surface area contributed by atoms with Crippen molar-refractivity contribution in [1.82, 2.24) is 0 Å². The van der Waals surface area contributed by atoms with Crippen LogP contribution < -0.4 is 10.1 Å². The number of anilines is 1. The molecule has 28 heavy (non-hydrogen) atoms. The maximum absolute atomic E-state index is 12.8. The highest BCUT2D eigenvalue weighted by molar-refractivity contribution is 6.52. The largest absolute Gasteiger partial charge is 0.595 e. The molecule has 0 aromatic heterocycles. The summed E-state index contributed by atoms with van der Waals surface area (Å²) >= 11 is 0. The minimum absolute atomic E-state index is 0.00432. The molecule has 0 bridgehead atoms. The van der Waals surface area contributed by atoms with Crippen molar-refractivity contribution in [3.8, 4) is 5.75 Å². The first-order valence-corrected chi connectivity index (χ1v) is 8.17. The molecular formula is C18H13N3O7. The predicted molar refractivity (Wildman–Crippen MR) is 92.9 cm³/mol. The van der Waals surface area contributed by atoms with Crippen LogP contribution in [0.25, 0.3) is 0 Å². The van der Waals surface area contributed by atoms with Crippen LogP contribution in [-0.2, 0) is 14.4 Å². The molecule has 2 aromatic carbocycles. The van der Waals surface area contributed by atoms with Crippen LogP contribution in [0.5, 0.6) is 5.75 Å². The Morgan fingerprint density at radius 2 is 1.71 bits per heavy atom. The molecule has 2 heterocycles. The van der Waals surface area contributed by atoms with Crippen molar-refractivity contribution >= 4 is 34.7 Å². The van der Waals surface area contributed by atoms with Crippen LogP contribution in [0.2, 0.25) is 0 Å². The SMILES string of the molecule is O=C(C1=NO[C@@H]2C(=O)N(c3ccc(O)cc3)C(=O)[C@@H]12)c1ccc([NH+]([O-])O)cc1. The Kier molecular flexibility index (Phi) is 4.15. The van der Waals surface area contributed by atoms with Crippen LogP contribution >= 0.6 is 0 Å². The number of amides is 2. The van der Waals surface area contributed by atoms with Crippen LogP contribution in [0, 0.1) is 11.1 Å². The molecular weight excluding hydrogens is 370 g/mol. The van der Waals surface area contributed by atoms with Crippen LogP contribution in [0.4, 0.5) is 11.4 Å². The number of aromatic hydroxyl groups is 1. The highest BCUT2D eigenvalue weighted by atomic mass is 16.8. The monoisotopic (exact) mass is 383 g/mol. The number of nitrogens with one attached hydrogen (secondary N) is 1. The standard InChI is InChI=1S/C18H13N3O7/c22-12-7-5-10(6-8-12)20-17(24)13-14(19-28-16(13)18(20)25)15(23)9-1-3-11(4-2-9)21(26)27/h1-8,13,16,21-22,26H/t13-,16-/m0/s1. The van der Waals surface area contributed by atoms with E-state index in [1.54, 1.807) is 0 Å². The average Bonchev–Trinajstić information content (AvgIpc) is 3.23. The number of hydrogen-bond donors (Lipinski definition) is 3. The van der Waals surface area contributed by atoms with Crippen molar-refractivity contribution in [2.75, 3.05) is 4.90 Å². The van der Waals surface area contributed by atoms with Gasteiger partial charge in [0.1, 0.15) is 17.4 Å². The topological polar surface area (TPSA) is 144 Å². The van der Waals surface area contributed by atoms with Gasteiger partial charge in [0.2, 0.25) is 17.8 Å². The summed E-state index contributed by atoms with van der Waals surface area (Å²) in [6, 6.07) is 10.6. The van der Waals surface area contributed by atoms with Gasteiger partial charge in [-0.1, -0.05) is 5.16 Å². The molecule has 1 unspecified atom stereocenters. The Hall–Kier alpha value is -3.60. The maximum Gasteiger partial charge on any atom is 0.278 e. The molecule has 142 valence electrons. The lowest BCUT2D eigenvalue weighted by molar-refractivity contribution is -0.991. The van der Waals surface area contributed by atoms with E-state index < -0.39 is 34.8 Å². The third-order valence-corrected chi connectivity index (χ3v) is 4.55. The van der Waals surface area contributed by atoms with E-state index in [4.69, 9.17) is 10.0 Å². The van der Waals surface area contributed by atoms with Gasteiger partial charge in [0.25, 0.3) is 5.91 Å². The van der Waals surface area contributed by atoms with Crippen molar-refractivity contribution in [2.24, 2.45) is 11.1 Å². The number of rotatable bonds is 4. The Labute approximate surface area is 157 Å². The molecule has 0 spiro atoms. The summed E-state index contributed by atoms with van der Waals surface area (Å²) in [5.74, 6) is -3.16. The number of fused-ring (bicyclic) bond motifs is 1. The predicted octanol–water partition coefficient (Wildman–Crippen LogP) is -0.0773. The van der Waals surface area contributed by atoms with Gasteiger partial charge in [0.05, 0.1) is 5.69 Å². The van der Waals surface area contributed by atoms with Gasteiger partial charge in [-0.2, -0.15) is 5.23 Å². The fourth-order valence-corrected chi connectivity index (χ4v) is 3.13. The second-order valence-electron chi connectivity index (χ2n) is 6.22. The van der Waals surface area contributed by atoms with Gasteiger partial charge < -0.3 is 15.2 Å². The molecule has 1 fully saturated rings. The summed E-state index contributed by atoms with van der Waals surface area (Å²) in [5.41, 5.74) is 0.150. The average molecular weight is 383 g/mol. The maximum atomic E-state index is 12.8. The second kappa shape index (κ2) is 6.53. The van der Waals surface area contributed by atoms with Gasteiger partial charge >= 0.3 is 0 Å². The molecule has 0 aliphatic carbocycles. The number of ketones is 1. The van der Waals surface area contributed by atoms with Crippen molar-refractivity contribution in [3.63, 3.8) is 0 Å². The normalized spacial score (nSPS) is 21.9. The summed E-state index contributed by atoms with van der Waals surface area (Å²) in [4.78, 5) is 44.1. The number of oxime groups is 1. The number of nitrogens with zero attached hydrogens (tertiary/aromatic N) is 2. The van der Waals surface area contributed by atoms with E-state index in [2.05, 4.69) is 5.16 Å². The fourth-order valence-electron chi connectivity index (χ4n) is 3.13. The first-order valence-electron chi connectivity index (χ1n) is 8.17. The Morgan fingerprint density at radius 3 is 2.32 bits per heavy atom. The van der Waals surface area contributed by atoms with Crippen LogP contribution in [-0.4, -0.2) is 39.7 Å². The fraction of sp³-hybridized carbons (Fsp3) is 0.111. The lowest BCUT2D eigenvalue weighted by Crippen LogP contribution is -2.99. The molecule has 1 saturated heterocycles. The summed E-state index contributed by atoms with van der Waals surface area (Å²) < 4.78 is 0. The number of quaternary nitrogens is 1. The molecule has 2 aliphatic heterocycles. The zero-order chi connectivity index (χ0) is 20.0. The minimum Gasteiger partial charge on any atom is -0.595 e. The third-order valence-electron chi connectivity index (χ3n) is 4.55. The lowest BCUT2D eigenvalue weighted by Gasteiger charge is -2.15. The van der Waals surface area contributed by atoms with Gasteiger partial charge in [-0.25, -0.2) is 10.1 Å². The molecule has 2 aromatic rings. The Morgan fingerprint density at radius 1 is 1.07 bits per heavy atom. The van der Waals surface area contributed by atoms with E-state index in [0.29, 0.717) is 0 Å². The van der Waals surface area contributed by atoms with Crippen molar-refractivity contribution < 1.29 is 34.8 Å². The molecule has 2 aliphatic rings. The zero-order valence-electron chi connectivity index (χ0n) is 14.1. The van der Waals surface area contributed by atoms with Crippen LogP contribution in [0.3, 0.4) is 0 Å². The molecule has 0 saturated carbocycles. The minimum atomic E-state index is -1.24. The summed E-state index contributed by atoms with van der Waals surface area (Å²) in [6.45, 7) is 0. The van der Waals surface area contributed by atoms with Crippen LogP contribution in [0.1, 0.15) is 10.4 Å². The molecule has 4 rings (SSSR count). The van der Waals surface area contributed by atoms with Crippen molar-refractivity contribution in [1.29, 1.82) is 0 Å². The summed E-state index contributed by atoms with van der Waals surface area (Å²) in [6.07, 6.45) is -1.24. The van der Waals surface area contributed by atoms with E-state index in [1.165, 1.54) is 48.5 Å². The van der Waals surface area contributed by atoms with Gasteiger partial charge in [-0.15, -0.1) is 0 Å². The first-order chi connectivity index (χ1) is 13.4. The number of carbonyl (C=O) groups is 3. The quantitative estimate of drug-likeness (QED) is 0.381. The first kappa shape index (κ1) is 17.8. The smallest absolute Gasteiger partial charge is 0.278 e. The number of imide groups is 1. The molecule has 10 heteroatoms. The number of Topliss-reactive ketones (excluding diaryl/α,β-unsaturated/α-hetero) is 1. The zero-order valence-corrected chi connectivity index (χ0v) is 14.1. The van der Waals surface area contributed by atoms with Gasteiger partial charge in [0.15, 0.2) is 5.69 Å². The third kappa shape index (κ3) is 2.72. The molecule has 2 amide bonds. The number of phenolic OH excluding ortho intramolecular Hbond substituents is 1. The van der Waals surface area contributed by atoms with Crippen molar-refractivity contribution in [2.45, 2.75) is 6.10 Å². The Balaban J connectivity index is 1.61. The van der Waals surface area contributed by atoms with E-state index in [1.807, 2.05) is 0 Å². The van der Waals surface area contributed by atoms with Crippen molar-refractivity contribution in [3.05, 3.63) is 59.3 Å². The van der Waals surface area contributed by atoms with E-state index in [-0.39, 0.29) is 28.4 Å². The van der Waals surface area contributed by atoms with E-state index in [0.717, 1.165) is 4.90 Å².